The number of benzene rings is 1. The van der Waals surface area contributed by atoms with Gasteiger partial charge in [-0.1, -0.05) is 30.9 Å². The normalized spacial score (nSPS) is 10.5. The number of ether oxygens (including phenoxy) is 1. The molecule has 0 bridgehead atoms. The lowest BCUT2D eigenvalue weighted by Gasteiger charge is -2.13. The molecule has 0 aliphatic rings. The van der Waals surface area contributed by atoms with Crippen molar-refractivity contribution in [3.05, 3.63) is 42.5 Å². The van der Waals surface area contributed by atoms with Crippen molar-refractivity contribution >= 4 is 0 Å². The van der Waals surface area contributed by atoms with Gasteiger partial charge in [-0.2, -0.15) is 0 Å². The number of para-hydroxylation sites is 1. The van der Waals surface area contributed by atoms with E-state index in [1.165, 1.54) is 5.56 Å². The van der Waals surface area contributed by atoms with Crippen molar-refractivity contribution in [2.45, 2.75) is 6.54 Å². The predicted molar refractivity (Wildman–Crippen MR) is 72.4 cm³/mol. The van der Waals surface area contributed by atoms with E-state index in [0.717, 1.165) is 25.4 Å². The number of hydrogen-bond acceptors (Lipinski definition) is 3. The van der Waals surface area contributed by atoms with Gasteiger partial charge in [-0.05, 0) is 20.2 Å². The minimum absolute atomic E-state index is 0.550. The quantitative estimate of drug-likeness (QED) is 0.549. The minimum Gasteiger partial charge on any atom is -0.489 e. The van der Waals surface area contributed by atoms with Crippen LogP contribution in [0, 0.1) is 0 Å². The largest absolute Gasteiger partial charge is 0.489 e. The van der Waals surface area contributed by atoms with E-state index >= 15 is 0 Å². The van der Waals surface area contributed by atoms with E-state index in [2.05, 4.69) is 37.0 Å². The molecule has 0 aromatic heterocycles. The Morgan fingerprint density at radius 3 is 2.82 bits per heavy atom. The van der Waals surface area contributed by atoms with Gasteiger partial charge in [-0.15, -0.1) is 0 Å². The molecule has 0 spiro atoms. The summed E-state index contributed by atoms with van der Waals surface area (Å²) in [5.74, 6) is 0.935. The summed E-state index contributed by atoms with van der Waals surface area (Å²) in [5.41, 5.74) is 1.19. The summed E-state index contributed by atoms with van der Waals surface area (Å²) in [6.07, 6.45) is 1.76. The second-order valence-electron chi connectivity index (χ2n) is 4.19. The van der Waals surface area contributed by atoms with Crippen LogP contribution < -0.4 is 10.1 Å². The zero-order valence-electron chi connectivity index (χ0n) is 10.8. The Labute approximate surface area is 104 Å². The third-order valence-corrected chi connectivity index (χ3v) is 2.38. The highest BCUT2D eigenvalue weighted by molar-refractivity contribution is 5.33. The van der Waals surface area contributed by atoms with Crippen molar-refractivity contribution in [3.63, 3.8) is 0 Å². The van der Waals surface area contributed by atoms with Crippen LogP contribution >= 0.6 is 0 Å². The molecule has 1 aromatic rings. The first-order valence-corrected chi connectivity index (χ1v) is 5.91. The van der Waals surface area contributed by atoms with Crippen molar-refractivity contribution in [2.24, 2.45) is 0 Å². The molecule has 0 radical (unpaired) electrons. The van der Waals surface area contributed by atoms with E-state index < -0.39 is 0 Å². The molecule has 0 amide bonds. The smallest absolute Gasteiger partial charge is 0.124 e. The van der Waals surface area contributed by atoms with Crippen LogP contribution in [-0.4, -0.2) is 38.7 Å². The van der Waals surface area contributed by atoms with Gasteiger partial charge in [-0.25, -0.2) is 0 Å². The Bertz CT molecular complexity index is 337. The Kier molecular flexibility index (Phi) is 6.37. The molecule has 3 nitrogen and oxygen atoms in total. The lowest BCUT2D eigenvalue weighted by Crippen LogP contribution is -2.26. The molecule has 17 heavy (non-hydrogen) atoms. The molecular formula is C14H22N2O. The number of rotatable bonds is 8. The molecule has 1 aromatic carbocycles. The first kappa shape index (κ1) is 13.7. The zero-order chi connectivity index (χ0) is 12.5. The summed E-state index contributed by atoms with van der Waals surface area (Å²) in [6, 6.07) is 8.10. The van der Waals surface area contributed by atoms with Crippen molar-refractivity contribution in [2.75, 3.05) is 33.8 Å². The lowest BCUT2D eigenvalue weighted by atomic mass is 10.2. The second-order valence-corrected chi connectivity index (χ2v) is 4.19. The molecule has 0 atom stereocenters. The van der Waals surface area contributed by atoms with Gasteiger partial charge in [0, 0.05) is 25.2 Å². The van der Waals surface area contributed by atoms with Crippen LogP contribution in [-0.2, 0) is 6.54 Å². The van der Waals surface area contributed by atoms with Crippen LogP contribution in [0.4, 0.5) is 0 Å². The number of hydrogen-bond donors (Lipinski definition) is 1. The van der Waals surface area contributed by atoms with Gasteiger partial charge in [0.25, 0.3) is 0 Å². The van der Waals surface area contributed by atoms with Crippen LogP contribution in [0.2, 0.25) is 0 Å². The van der Waals surface area contributed by atoms with E-state index in [-0.39, 0.29) is 0 Å². The molecule has 0 fully saturated rings. The average Bonchev–Trinajstić information content (AvgIpc) is 2.33. The SMILES string of the molecule is C=CCOc1ccccc1CNCCN(C)C. The van der Waals surface area contributed by atoms with Crippen molar-refractivity contribution in [1.82, 2.24) is 10.2 Å². The van der Waals surface area contributed by atoms with Gasteiger partial charge in [0.15, 0.2) is 0 Å². The van der Waals surface area contributed by atoms with Crippen LogP contribution in [0.15, 0.2) is 36.9 Å². The Hall–Kier alpha value is -1.32. The molecular weight excluding hydrogens is 212 g/mol. The van der Waals surface area contributed by atoms with E-state index in [9.17, 15) is 0 Å². The van der Waals surface area contributed by atoms with Gasteiger partial charge in [-0.3, -0.25) is 0 Å². The van der Waals surface area contributed by atoms with Crippen LogP contribution in [0.5, 0.6) is 5.75 Å². The molecule has 0 aliphatic heterocycles. The second kappa shape index (κ2) is 7.87. The highest BCUT2D eigenvalue weighted by Crippen LogP contribution is 2.17. The zero-order valence-corrected chi connectivity index (χ0v) is 10.8. The molecule has 94 valence electrons. The molecule has 1 N–H and O–H groups in total. The van der Waals surface area contributed by atoms with E-state index in [0.29, 0.717) is 6.61 Å². The highest BCUT2D eigenvalue weighted by Gasteiger charge is 2.01. The van der Waals surface area contributed by atoms with Gasteiger partial charge in [0.2, 0.25) is 0 Å². The van der Waals surface area contributed by atoms with Crippen molar-refractivity contribution < 1.29 is 4.74 Å². The van der Waals surface area contributed by atoms with Gasteiger partial charge < -0.3 is 15.0 Å². The average molecular weight is 234 g/mol. The lowest BCUT2D eigenvalue weighted by molar-refractivity contribution is 0.356. The van der Waals surface area contributed by atoms with Crippen LogP contribution in [0.25, 0.3) is 0 Å². The van der Waals surface area contributed by atoms with Gasteiger partial charge in [0.1, 0.15) is 12.4 Å². The Morgan fingerprint density at radius 2 is 2.12 bits per heavy atom. The van der Waals surface area contributed by atoms with Crippen molar-refractivity contribution in [3.8, 4) is 5.75 Å². The molecule has 0 saturated heterocycles. The number of likely N-dealkylation sites (N-methyl/N-ethyl adjacent to an activating group) is 1. The molecule has 3 heteroatoms. The monoisotopic (exact) mass is 234 g/mol. The summed E-state index contributed by atoms with van der Waals surface area (Å²) in [5, 5.41) is 3.40. The maximum absolute atomic E-state index is 5.60. The Balaban J connectivity index is 2.43. The first-order valence-electron chi connectivity index (χ1n) is 5.91. The summed E-state index contributed by atoms with van der Waals surface area (Å²) in [7, 11) is 4.14. The van der Waals surface area contributed by atoms with Gasteiger partial charge >= 0.3 is 0 Å². The summed E-state index contributed by atoms with van der Waals surface area (Å²) in [4.78, 5) is 2.16. The molecule has 0 unspecified atom stereocenters. The Morgan fingerprint density at radius 1 is 1.35 bits per heavy atom. The summed E-state index contributed by atoms with van der Waals surface area (Å²) < 4.78 is 5.60. The fourth-order valence-electron chi connectivity index (χ4n) is 1.47. The molecule has 0 aliphatic carbocycles. The summed E-state index contributed by atoms with van der Waals surface area (Å²) in [6.45, 7) is 7.05. The van der Waals surface area contributed by atoms with Crippen molar-refractivity contribution in [1.29, 1.82) is 0 Å². The molecule has 1 rings (SSSR count). The van der Waals surface area contributed by atoms with E-state index in [4.69, 9.17) is 4.74 Å². The minimum atomic E-state index is 0.550. The predicted octanol–water partition coefficient (Wildman–Crippen LogP) is 1.90. The van der Waals surface area contributed by atoms with Gasteiger partial charge in [0.05, 0.1) is 0 Å². The standard InChI is InChI=1S/C14H22N2O/c1-4-11-17-14-8-6-5-7-13(14)12-15-9-10-16(2)3/h4-8,15H,1,9-12H2,2-3H3. The van der Waals surface area contributed by atoms with E-state index in [1.807, 2.05) is 18.2 Å². The molecule has 0 saturated carbocycles. The fourth-order valence-corrected chi connectivity index (χ4v) is 1.47. The van der Waals surface area contributed by atoms with Crippen LogP contribution in [0.1, 0.15) is 5.56 Å². The third-order valence-electron chi connectivity index (χ3n) is 2.38. The third kappa shape index (κ3) is 5.52. The maximum atomic E-state index is 5.60. The fraction of sp³-hybridized carbons (Fsp3) is 0.429. The maximum Gasteiger partial charge on any atom is 0.124 e. The molecule has 0 heterocycles. The van der Waals surface area contributed by atoms with E-state index in [1.54, 1.807) is 6.08 Å². The number of nitrogens with one attached hydrogen (secondary N) is 1. The topological polar surface area (TPSA) is 24.5 Å². The highest BCUT2D eigenvalue weighted by atomic mass is 16.5. The van der Waals surface area contributed by atoms with Crippen LogP contribution in [0.3, 0.4) is 0 Å². The summed E-state index contributed by atoms with van der Waals surface area (Å²) >= 11 is 0. The first-order chi connectivity index (χ1) is 8.24. The number of nitrogens with zero attached hydrogens (tertiary/aromatic N) is 1.